The minimum Gasteiger partial charge on any atom is -0.304 e. The second-order valence-electron chi connectivity index (χ2n) is 5.51. The van der Waals surface area contributed by atoms with Crippen molar-refractivity contribution in [3.8, 4) is 0 Å². The van der Waals surface area contributed by atoms with Crippen molar-refractivity contribution >= 4 is 11.3 Å². The summed E-state index contributed by atoms with van der Waals surface area (Å²) in [5, 5.41) is 9.33. The van der Waals surface area contributed by atoms with Crippen molar-refractivity contribution in [3.63, 3.8) is 0 Å². The maximum Gasteiger partial charge on any atom is 0.115 e. The average molecular weight is 290 g/mol. The number of aromatic nitrogens is 3. The molecule has 0 spiro atoms. The zero-order valence-corrected chi connectivity index (χ0v) is 13.3. The van der Waals surface area contributed by atoms with Crippen LogP contribution in [0.3, 0.4) is 0 Å². The van der Waals surface area contributed by atoms with Crippen molar-refractivity contribution in [2.75, 3.05) is 6.54 Å². The van der Waals surface area contributed by atoms with Crippen LogP contribution in [0, 0.1) is 6.92 Å². The largest absolute Gasteiger partial charge is 0.304 e. The SMILES string of the molecule is CCCNC(c1nc2c(s1)CCC2)c1cn(C)nc1C. The molecule has 4 nitrogen and oxygen atoms in total. The smallest absolute Gasteiger partial charge is 0.115 e. The normalized spacial score (nSPS) is 15.6. The van der Waals surface area contributed by atoms with Crippen LogP contribution in [0.5, 0.6) is 0 Å². The van der Waals surface area contributed by atoms with Crippen molar-refractivity contribution in [1.82, 2.24) is 20.1 Å². The first-order valence-electron chi connectivity index (χ1n) is 7.41. The fourth-order valence-electron chi connectivity index (χ4n) is 2.85. The van der Waals surface area contributed by atoms with E-state index >= 15 is 0 Å². The lowest BCUT2D eigenvalue weighted by molar-refractivity contribution is 0.592. The molecule has 0 aromatic carbocycles. The summed E-state index contributed by atoms with van der Waals surface area (Å²) in [4.78, 5) is 6.38. The Morgan fingerprint density at radius 1 is 1.45 bits per heavy atom. The summed E-state index contributed by atoms with van der Waals surface area (Å²) >= 11 is 1.88. The highest BCUT2D eigenvalue weighted by molar-refractivity contribution is 7.11. The van der Waals surface area contributed by atoms with Gasteiger partial charge in [-0.15, -0.1) is 11.3 Å². The van der Waals surface area contributed by atoms with E-state index in [-0.39, 0.29) is 6.04 Å². The van der Waals surface area contributed by atoms with Gasteiger partial charge in [-0.3, -0.25) is 4.68 Å². The molecule has 0 saturated carbocycles. The molecule has 0 amide bonds. The van der Waals surface area contributed by atoms with Gasteiger partial charge in [0.2, 0.25) is 0 Å². The topological polar surface area (TPSA) is 42.7 Å². The molecule has 20 heavy (non-hydrogen) atoms. The Bertz CT molecular complexity index is 578. The van der Waals surface area contributed by atoms with Gasteiger partial charge in [-0.1, -0.05) is 6.92 Å². The van der Waals surface area contributed by atoms with Crippen LogP contribution in [-0.4, -0.2) is 21.3 Å². The molecule has 2 aromatic heterocycles. The number of aryl methyl sites for hydroxylation is 4. The molecule has 1 N–H and O–H groups in total. The summed E-state index contributed by atoms with van der Waals surface area (Å²) in [6, 6.07) is 0.194. The highest BCUT2D eigenvalue weighted by Gasteiger charge is 2.25. The second kappa shape index (κ2) is 5.66. The van der Waals surface area contributed by atoms with E-state index in [1.807, 2.05) is 23.1 Å². The lowest BCUT2D eigenvalue weighted by atomic mass is 10.1. The van der Waals surface area contributed by atoms with E-state index in [0.29, 0.717) is 0 Å². The summed E-state index contributed by atoms with van der Waals surface area (Å²) in [5.74, 6) is 0. The Kier molecular flexibility index (Phi) is 3.89. The molecule has 1 aliphatic carbocycles. The quantitative estimate of drug-likeness (QED) is 0.921. The Balaban J connectivity index is 1.94. The van der Waals surface area contributed by atoms with Crippen molar-refractivity contribution in [2.24, 2.45) is 7.05 Å². The van der Waals surface area contributed by atoms with Gasteiger partial charge >= 0.3 is 0 Å². The molecule has 2 aromatic rings. The van der Waals surface area contributed by atoms with Crippen LogP contribution in [-0.2, 0) is 19.9 Å². The third-order valence-electron chi connectivity index (χ3n) is 3.82. The maximum atomic E-state index is 4.89. The number of hydrogen-bond acceptors (Lipinski definition) is 4. The lowest BCUT2D eigenvalue weighted by Gasteiger charge is -2.15. The third kappa shape index (κ3) is 2.52. The van der Waals surface area contributed by atoms with Gasteiger partial charge in [-0.2, -0.15) is 5.10 Å². The molecular formula is C15H22N4S. The van der Waals surface area contributed by atoms with Crippen molar-refractivity contribution in [2.45, 2.75) is 45.6 Å². The lowest BCUT2D eigenvalue weighted by Crippen LogP contribution is -2.23. The van der Waals surface area contributed by atoms with Crippen molar-refractivity contribution < 1.29 is 0 Å². The van der Waals surface area contributed by atoms with E-state index in [9.17, 15) is 0 Å². The van der Waals surface area contributed by atoms with E-state index in [4.69, 9.17) is 4.98 Å². The minimum atomic E-state index is 0.194. The summed E-state index contributed by atoms with van der Waals surface area (Å²) in [6.45, 7) is 5.28. The number of nitrogens with one attached hydrogen (secondary N) is 1. The number of fused-ring (bicyclic) bond motifs is 1. The minimum absolute atomic E-state index is 0.194. The molecule has 0 radical (unpaired) electrons. The standard InChI is InChI=1S/C15H22N4S/c1-4-8-16-14(11-9-19(3)18-10(11)2)15-17-12-6-5-7-13(12)20-15/h9,14,16H,4-8H2,1-3H3. The van der Waals surface area contributed by atoms with Crippen LogP contribution in [0.2, 0.25) is 0 Å². The molecule has 0 bridgehead atoms. The molecule has 5 heteroatoms. The predicted octanol–water partition coefficient (Wildman–Crippen LogP) is 2.76. The van der Waals surface area contributed by atoms with E-state index in [1.54, 1.807) is 0 Å². The molecule has 0 aliphatic heterocycles. The van der Waals surface area contributed by atoms with Crippen LogP contribution >= 0.6 is 11.3 Å². The third-order valence-corrected chi connectivity index (χ3v) is 5.04. The molecule has 3 rings (SSSR count). The van der Waals surface area contributed by atoms with Gasteiger partial charge in [0, 0.05) is 23.7 Å². The summed E-state index contributed by atoms with van der Waals surface area (Å²) in [5.41, 5.74) is 3.68. The van der Waals surface area contributed by atoms with Crippen molar-refractivity contribution in [3.05, 3.63) is 33.0 Å². The van der Waals surface area contributed by atoms with Gasteiger partial charge in [0.25, 0.3) is 0 Å². The first-order valence-corrected chi connectivity index (χ1v) is 8.22. The maximum absolute atomic E-state index is 4.89. The predicted molar refractivity (Wildman–Crippen MR) is 82.2 cm³/mol. The highest BCUT2D eigenvalue weighted by Crippen LogP contribution is 2.33. The van der Waals surface area contributed by atoms with Gasteiger partial charge in [0.05, 0.1) is 17.4 Å². The zero-order valence-electron chi connectivity index (χ0n) is 12.4. The van der Waals surface area contributed by atoms with Crippen LogP contribution in [0.1, 0.15) is 52.6 Å². The van der Waals surface area contributed by atoms with E-state index in [1.165, 1.54) is 34.0 Å². The van der Waals surface area contributed by atoms with E-state index in [2.05, 4.69) is 30.5 Å². The zero-order chi connectivity index (χ0) is 14.1. The number of hydrogen-bond donors (Lipinski definition) is 1. The Morgan fingerprint density at radius 3 is 2.95 bits per heavy atom. The van der Waals surface area contributed by atoms with Crippen LogP contribution in [0.25, 0.3) is 0 Å². The van der Waals surface area contributed by atoms with Gasteiger partial charge in [-0.05, 0) is 39.2 Å². The first-order chi connectivity index (χ1) is 9.69. The summed E-state index contributed by atoms with van der Waals surface area (Å²) < 4.78 is 1.90. The molecular weight excluding hydrogens is 268 g/mol. The number of nitrogens with zero attached hydrogens (tertiary/aromatic N) is 3. The molecule has 0 fully saturated rings. The molecule has 1 unspecified atom stereocenters. The fraction of sp³-hybridized carbons (Fsp3) is 0.600. The van der Waals surface area contributed by atoms with Gasteiger partial charge in [-0.25, -0.2) is 4.98 Å². The van der Waals surface area contributed by atoms with Gasteiger partial charge in [0.1, 0.15) is 5.01 Å². The molecule has 1 atom stereocenters. The Hall–Kier alpha value is -1.20. The molecule has 1 aliphatic rings. The highest BCUT2D eigenvalue weighted by atomic mass is 32.1. The molecule has 0 saturated heterocycles. The molecule has 108 valence electrons. The van der Waals surface area contributed by atoms with Gasteiger partial charge < -0.3 is 5.32 Å². The number of thiazole rings is 1. The van der Waals surface area contributed by atoms with Crippen LogP contribution in [0.15, 0.2) is 6.20 Å². The number of rotatable bonds is 5. The average Bonchev–Trinajstić information content (AvgIpc) is 3.05. The second-order valence-corrected chi connectivity index (χ2v) is 6.62. The fourth-order valence-corrected chi connectivity index (χ4v) is 4.10. The molecule has 2 heterocycles. The summed E-state index contributed by atoms with van der Waals surface area (Å²) in [6.07, 6.45) is 6.88. The Morgan fingerprint density at radius 2 is 2.30 bits per heavy atom. The van der Waals surface area contributed by atoms with Gasteiger partial charge in [0.15, 0.2) is 0 Å². The van der Waals surface area contributed by atoms with Crippen molar-refractivity contribution in [1.29, 1.82) is 0 Å². The Labute approximate surface area is 124 Å². The van der Waals surface area contributed by atoms with Crippen LogP contribution in [0.4, 0.5) is 0 Å². The monoisotopic (exact) mass is 290 g/mol. The summed E-state index contributed by atoms with van der Waals surface area (Å²) in [7, 11) is 1.98. The van der Waals surface area contributed by atoms with E-state index in [0.717, 1.165) is 25.1 Å². The van der Waals surface area contributed by atoms with Crippen LogP contribution < -0.4 is 5.32 Å². The first kappa shape index (κ1) is 13.8. The van der Waals surface area contributed by atoms with E-state index < -0.39 is 0 Å².